The summed E-state index contributed by atoms with van der Waals surface area (Å²) in [6.07, 6.45) is 2.72. The van der Waals surface area contributed by atoms with Gasteiger partial charge in [0, 0.05) is 11.1 Å². The van der Waals surface area contributed by atoms with E-state index in [0.29, 0.717) is 11.6 Å². The predicted octanol–water partition coefficient (Wildman–Crippen LogP) is 1.57. The van der Waals surface area contributed by atoms with Crippen molar-refractivity contribution in [2.75, 3.05) is 0 Å². The van der Waals surface area contributed by atoms with Crippen LogP contribution in [0.15, 0.2) is 35.1 Å². The van der Waals surface area contributed by atoms with E-state index in [1.54, 1.807) is 0 Å². The van der Waals surface area contributed by atoms with Gasteiger partial charge in [-0.15, -0.1) is 0 Å². The summed E-state index contributed by atoms with van der Waals surface area (Å²) in [5.74, 6) is 1.14. The van der Waals surface area contributed by atoms with Gasteiger partial charge in [-0.25, -0.2) is 4.98 Å². The fourth-order valence-corrected chi connectivity index (χ4v) is 2.61. The van der Waals surface area contributed by atoms with Crippen LogP contribution in [0.2, 0.25) is 0 Å². The topological polar surface area (TPSA) is 63.0 Å². The molecule has 0 unspecified atom stereocenters. The maximum Gasteiger partial charge on any atom is 0.277 e. The number of aromatic amines is 1. The zero-order valence-electron chi connectivity index (χ0n) is 10.3. The van der Waals surface area contributed by atoms with Crippen LogP contribution in [0.3, 0.4) is 0 Å². The lowest BCUT2D eigenvalue weighted by molar-refractivity contribution is 0.872. The summed E-state index contributed by atoms with van der Waals surface area (Å²) < 4.78 is 1.45. The number of H-pyrrole nitrogens is 1. The molecule has 4 rings (SSSR count). The summed E-state index contributed by atoms with van der Waals surface area (Å²) in [5.41, 5.74) is 2.69. The number of benzene rings is 1. The Hall–Kier alpha value is -2.43. The first-order valence-corrected chi connectivity index (χ1v) is 6.39. The molecule has 0 saturated carbocycles. The highest BCUT2D eigenvalue weighted by Crippen LogP contribution is 2.18. The molecule has 1 aliphatic carbocycles. The first-order valence-electron chi connectivity index (χ1n) is 6.39. The number of fused-ring (bicyclic) bond motifs is 2. The van der Waals surface area contributed by atoms with Crippen molar-refractivity contribution < 1.29 is 0 Å². The molecular formula is C14H12N4O. The molecule has 94 valence electrons. The van der Waals surface area contributed by atoms with Crippen molar-refractivity contribution in [3.63, 3.8) is 0 Å². The molecule has 3 aromatic rings. The summed E-state index contributed by atoms with van der Waals surface area (Å²) in [5, 5.41) is 3.04. The number of nitrogens with one attached hydrogen (secondary N) is 1. The van der Waals surface area contributed by atoms with E-state index in [1.165, 1.54) is 4.52 Å². The quantitative estimate of drug-likeness (QED) is 0.715. The highest BCUT2D eigenvalue weighted by molar-refractivity contribution is 5.56. The third-order valence-electron chi connectivity index (χ3n) is 3.56. The normalized spacial score (nSPS) is 13.9. The Bertz CT molecular complexity index is 817. The molecule has 0 atom stereocenters. The van der Waals surface area contributed by atoms with Gasteiger partial charge in [-0.3, -0.25) is 9.89 Å². The van der Waals surface area contributed by atoms with Crippen molar-refractivity contribution in [1.82, 2.24) is 19.6 Å². The van der Waals surface area contributed by atoms with Gasteiger partial charge in [0.1, 0.15) is 0 Å². The predicted molar refractivity (Wildman–Crippen MR) is 71.1 cm³/mol. The van der Waals surface area contributed by atoms with Crippen LogP contribution in [0.1, 0.15) is 17.7 Å². The van der Waals surface area contributed by atoms with E-state index in [-0.39, 0.29) is 5.56 Å². The molecule has 0 aliphatic heterocycles. The van der Waals surface area contributed by atoms with Crippen LogP contribution in [-0.2, 0) is 12.8 Å². The molecule has 0 amide bonds. The summed E-state index contributed by atoms with van der Waals surface area (Å²) in [7, 11) is 0. The van der Waals surface area contributed by atoms with Gasteiger partial charge in [0.25, 0.3) is 11.3 Å². The van der Waals surface area contributed by atoms with Gasteiger partial charge >= 0.3 is 0 Å². The molecule has 0 saturated heterocycles. The summed E-state index contributed by atoms with van der Waals surface area (Å²) in [6.45, 7) is 0. The Kier molecular flexibility index (Phi) is 2.09. The van der Waals surface area contributed by atoms with Crippen LogP contribution < -0.4 is 5.56 Å². The number of hydrogen-bond acceptors (Lipinski definition) is 3. The van der Waals surface area contributed by atoms with Gasteiger partial charge in [-0.05, 0) is 19.3 Å². The zero-order valence-corrected chi connectivity index (χ0v) is 10.3. The van der Waals surface area contributed by atoms with E-state index in [1.807, 2.05) is 30.3 Å². The van der Waals surface area contributed by atoms with Gasteiger partial charge in [-0.2, -0.15) is 9.50 Å². The minimum atomic E-state index is -0.00724. The van der Waals surface area contributed by atoms with Crippen molar-refractivity contribution in [1.29, 1.82) is 0 Å². The SMILES string of the molecule is O=c1c2c(nc3nc(-c4ccccc4)[nH]n13)CCC2. The largest absolute Gasteiger partial charge is 0.277 e. The molecule has 2 heterocycles. The second kappa shape index (κ2) is 3.78. The summed E-state index contributed by atoms with van der Waals surface area (Å²) in [6, 6.07) is 9.75. The van der Waals surface area contributed by atoms with Crippen LogP contribution in [0.4, 0.5) is 0 Å². The first-order chi connectivity index (χ1) is 9.33. The number of aromatic nitrogens is 4. The Morgan fingerprint density at radius 2 is 1.95 bits per heavy atom. The van der Waals surface area contributed by atoms with Crippen LogP contribution in [-0.4, -0.2) is 19.6 Å². The average molecular weight is 252 g/mol. The van der Waals surface area contributed by atoms with Crippen LogP contribution >= 0.6 is 0 Å². The molecule has 0 bridgehead atoms. The van der Waals surface area contributed by atoms with E-state index >= 15 is 0 Å². The molecule has 1 N–H and O–H groups in total. The van der Waals surface area contributed by atoms with E-state index in [4.69, 9.17) is 0 Å². The highest BCUT2D eigenvalue weighted by atomic mass is 16.1. The van der Waals surface area contributed by atoms with E-state index < -0.39 is 0 Å². The van der Waals surface area contributed by atoms with Crippen LogP contribution in [0, 0.1) is 0 Å². The lowest BCUT2D eigenvalue weighted by atomic mass is 10.2. The highest BCUT2D eigenvalue weighted by Gasteiger charge is 2.19. The van der Waals surface area contributed by atoms with E-state index in [0.717, 1.165) is 36.1 Å². The number of nitrogens with zero attached hydrogens (tertiary/aromatic N) is 3. The van der Waals surface area contributed by atoms with Gasteiger partial charge in [0.2, 0.25) is 0 Å². The third-order valence-corrected chi connectivity index (χ3v) is 3.56. The van der Waals surface area contributed by atoms with Crippen LogP contribution in [0.5, 0.6) is 0 Å². The third kappa shape index (κ3) is 1.51. The second-order valence-corrected chi connectivity index (χ2v) is 4.77. The van der Waals surface area contributed by atoms with Gasteiger partial charge in [0.15, 0.2) is 5.82 Å². The number of rotatable bonds is 1. The van der Waals surface area contributed by atoms with Gasteiger partial charge < -0.3 is 0 Å². The van der Waals surface area contributed by atoms with Crippen molar-refractivity contribution >= 4 is 5.78 Å². The van der Waals surface area contributed by atoms with E-state index in [2.05, 4.69) is 15.1 Å². The Balaban J connectivity index is 1.99. The molecular weight excluding hydrogens is 240 g/mol. The molecule has 1 aromatic carbocycles. The molecule has 0 spiro atoms. The van der Waals surface area contributed by atoms with Crippen molar-refractivity contribution in [3.8, 4) is 11.4 Å². The smallest absolute Gasteiger partial charge is 0.271 e. The standard InChI is InChI=1S/C14H12N4O/c19-13-10-7-4-8-11(10)15-14-16-12(17-18(13)14)9-5-2-1-3-6-9/h1-3,5-6H,4,7-8H2,(H,15,16,17). The second-order valence-electron chi connectivity index (χ2n) is 4.77. The summed E-state index contributed by atoms with van der Waals surface area (Å²) >= 11 is 0. The van der Waals surface area contributed by atoms with Crippen molar-refractivity contribution in [2.24, 2.45) is 0 Å². The molecule has 1 aliphatic rings. The van der Waals surface area contributed by atoms with Crippen molar-refractivity contribution in [3.05, 3.63) is 51.9 Å². The van der Waals surface area contributed by atoms with Crippen LogP contribution in [0.25, 0.3) is 17.2 Å². The maximum absolute atomic E-state index is 12.3. The number of hydrogen-bond donors (Lipinski definition) is 1. The molecule has 19 heavy (non-hydrogen) atoms. The Labute approximate surface area is 108 Å². The lowest BCUT2D eigenvalue weighted by Gasteiger charge is -1.96. The lowest BCUT2D eigenvalue weighted by Crippen LogP contribution is -2.20. The Morgan fingerprint density at radius 1 is 1.11 bits per heavy atom. The molecule has 5 nitrogen and oxygen atoms in total. The maximum atomic E-state index is 12.3. The average Bonchev–Trinajstić information content (AvgIpc) is 3.06. The van der Waals surface area contributed by atoms with Crippen molar-refractivity contribution in [2.45, 2.75) is 19.3 Å². The minimum Gasteiger partial charge on any atom is -0.271 e. The first kappa shape index (κ1) is 10.5. The number of aryl methyl sites for hydroxylation is 1. The van der Waals surface area contributed by atoms with E-state index in [9.17, 15) is 4.79 Å². The molecule has 2 aromatic heterocycles. The fraction of sp³-hybridized carbons (Fsp3) is 0.214. The molecule has 5 heteroatoms. The van der Waals surface area contributed by atoms with Gasteiger partial charge in [-0.1, -0.05) is 30.3 Å². The minimum absolute atomic E-state index is 0.00724. The molecule has 0 radical (unpaired) electrons. The zero-order chi connectivity index (χ0) is 12.8. The summed E-state index contributed by atoms with van der Waals surface area (Å²) in [4.78, 5) is 21.2. The fourth-order valence-electron chi connectivity index (χ4n) is 2.61. The monoisotopic (exact) mass is 252 g/mol. The van der Waals surface area contributed by atoms with Gasteiger partial charge in [0.05, 0.1) is 5.69 Å². The Morgan fingerprint density at radius 3 is 2.79 bits per heavy atom. The molecule has 0 fully saturated rings.